The predicted octanol–water partition coefficient (Wildman–Crippen LogP) is 2.52. The van der Waals surface area contributed by atoms with Crippen LogP contribution in [0.1, 0.15) is 23.6 Å². The van der Waals surface area contributed by atoms with Crippen LogP contribution >= 0.6 is 0 Å². The molecule has 0 aliphatic heterocycles. The highest BCUT2D eigenvalue weighted by Crippen LogP contribution is 2.42. The number of hydrogen-bond donors (Lipinski definition) is 1. The lowest BCUT2D eigenvalue weighted by atomic mass is 9.75. The van der Waals surface area contributed by atoms with E-state index >= 15 is 0 Å². The zero-order chi connectivity index (χ0) is 12.8. The molecule has 0 amide bonds. The zero-order valence-corrected chi connectivity index (χ0v) is 10.5. The topological polar surface area (TPSA) is 46.0 Å². The Labute approximate surface area is 111 Å². The Hall–Kier alpha value is -2.00. The molecule has 1 aromatic carbocycles. The van der Waals surface area contributed by atoms with Crippen LogP contribution in [0.15, 0.2) is 48.1 Å². The highest BCUT2D eigenvalue weighted by atomic mass is 16.3. The standard InChI is InChI=1S/C16H14N2O/c19-15-9-14-16(11-6-2-1-5-10(11)15)12-7-3-4-8-13(12)17-18-14/h1-5,7-8,11,15,19H,6,9H2. The van der Waals surface area contributed by atoms with Crippen molar-refractivity contribution in [3.63, 3.8) is 0 Å². The third-order valence-corrected chi connectivity index (χ3v) is 4.10. The number of hydrogen-bond acceptors (Lipinski definition) is 3. The van der Waals surface area contributed by atoms with Crippen molar-refractivity contribution in [3.8, 4) is 0 Å². The molecule has 94 valence electrons. The van der Waals surface area contributed by atoms with E-state index in [-0.39, 0.29) is 5.92 Å². The van der Waals surface area contributed by atoms with E-state index < -0.39 is 6.10 Å². The van der Waals surface area contributed by atoms with Crippen LogP contribution in [0.3, 0.4) is 0 Å². The lowest BCUT2D eigenvalue weighted by Crippen LogP contribution is -2.28. The molecule has 1 aromatic heterocycles. The van der Waals surface area contributed by atoms with Gasteiger partial charge in [-0.3, -0.25) is 0 Å². The molecule has 0 saturated carbocycles. The van der Waals surface area contributed by atoms with Gasteiger partial charge in [-0.15, -0.1) is 0 Å². The Morgan fingerprint density at radius 1 is 1.16 bits per heavy atom. The van der Waals surface area contributed by atoms with E-state index in [1.54, 1.807) is 0 Å². The van der Waals surface area contributed by atoms with E-state index in [1.807, 2.05) is 24.3 Å². The number of nitrogens with zero attached hydrogens (tertiary/aromatic N) is 2. The molecule has 0 fully saturated rings. The maximum atomic E-state index is 10.3. The van der Waals surface area contributed by atoms with Crippen molar-refractivity contribution in [1.29, 1.82) is 0 Å². The fraction of sp³-hybridized carbons (Fsp3) is 0.250. The van der Waals surface area contributed by atoms with Crippen molar-refractivity contribution in [2.45, 2.75) is 24.9 Å². The maximum Gasteiger partial charge on any atom is 0.0932 e. The summed E-state index contributed by atoms with van der Waals surface area (Å²) in [7, 11) is 0. The second-order valence-corrected chi connectivity index (χ2v) is 5.18. The van der Waals surface area contributed by atoms with Crippen molar-refractivity contribution < 1.29 is 5.11 Å². The van der Waals surface area contributed by atoms with E-state index in [0.29, 0.717) is 6.42 Å². The smallest absolute Gasteiger partial charge is 0.0932 e. The number of benzene rings is 1. The van der Waals surface area contributed by atoms with Gasteiger partial charge in [0, 0.05) is 17.7 Å². The molecule has 0 bridgehead atoms. The van der Waals surface area contributed by atoms with Crippen LogP contribution in [0.2, 0.25) is 0 Å². The second-order valence-electron chi connectivity index (χ2n) is 5.18. The first-order valence-electron chi connectivity index (χ1n) is 6.63. The monoisotopic (exact) mass is 250 g/mol. The molecule has 3 heteroatoms. The molecular weight excluding hydrogens is 236 g/mol. The predicted molar refractivity (Wildman–Crippen MR) is 73.8 cm³/mol. The van der Waals surface area contributed by atoms with Crippen LogP contribution in [0.5, 0.6) is 0 Å². The van der Waals surface area contributed by atoms with Crippen molar-refractivity contribution in [3.05, 3.63) is 59.3 Å². The minimum absolute atomic E-state index is 0.254. The maximum absolute atomic E-state index is 10.3. The van der Waals surface area contributed by atoms with Crippen LogP contribution in [0.25, 0.3) is 10.9 Å². The molecule has 2 aromatic rings. The van der Waals surface area contributed by atoms with E-state index in [9.17, 15) is 5.11 Å². The number of fused-ring (bicyclic) bond motifs is 5. The summed E-state index contributed by atoms with van der Waals surface area (Å²) in [5, 5.41) is 20.0. The number of allylic oxidation sites excluding steroid dienone is 3. The highest BCUT2D eigenvalue weighted by Gasteiger charge is 2.33. The van der Waals surface area contributed by atoms with E-state index in [0.717, 1.165) is 23.2 Å². The van der Waals surface area contributed by atoms with Gasteiger partial charge in [0.05, 0.1) is 17.3 Å². The fourth-order valence-corrected chi connectivity index (χ4v) is 3.23. The summed E-state index contributed by atoms with van der Waals surface area (Å²) in [4.78, 5) is 0. The average molecular weight is 250 g/mol. The van der Waals surface area contributed by atoms with Gasteiger partial charge in [0.2, 0.25) is 0 Å². The number of aliphatic hydroxyl groups is 1. The van der Waals surface area contributed by atoms with Gasteiger partial charge in [-0.2, -0.15) is 10.2 Å². The van der Waals surface area contributed by atoms with Crippen LogP contribution in [0, 0.1) is 0 Å². The minimum Gasteiger partial charge on any atom is -0.388 e. The van der Waals surface area contributed by atoms with Crippen molar-refractivity contribution >= 4 is 10.9 Å². The third kappa shape index (κ3) is 1.55. The Bertz CT molecular complexity index is 718. The summed E-state index contributed by atoms with van der Waals surface area (Å²) < 4.78 is 0. The van der Waals surface area contributed by atoms with Crippen molar-refractivity contribution in [1.82, 2.24) is 10.2 Å². The lowest BCUT2D eigenvalue weighted by molar-refractivity contribution is 0.195. The Kier molecular flexibility index (Phi) is 2.29. The van der Waals surface area contributed by atoms with Gasteiger partial charge < -0.3 is 5.11 Å². The molecule has 0 saturated heterocycles. The van der Waals surface area contributed by atoms with Gasteiger partial charge >= 0.3 is 0 Å². The van der Waals surface area contributed by atoms with Gasteiger partial charge in [0.25, 0.3) is 0 Å². The largest absolute Gasteiger partial charge is 0.388 e. The van der Waals surface area contributed by atoms with Crippen LogP contribution < -0.4 is 0 Å². The molecule has 2 aliphatic carbocycles. The highest BCUT2D eigenvalue weighted by molar-refractivity contribution is 5.83. The van der Waals surface area contributed by atoms with E-state index in [1.165, 1.54) is 10.9 Å². The first kappa shape index (κ1) is 10.9. The number of rotatable bonds is 0. The van der Waals surface area contributed by atoms with Crippen LogP contribution in [-0.2, 0) is 6.42 Å². The summed E-state index contributed by atoms with van der Waals surface area (Å²) >= 11 is 0. The SMILES string of the molecule is OC1Cc2nnc3ccccc3c2C2CC=CC=C12. The Morgan fingerprint density at radius 2 is 2.05 bits per heavy atom. The summed E-state index contributed by atoms with van der Waals surface area (Å²) in [6, 6.07) is 8.13. The van der Waals surface area contributed by atoms with Crippen LogP contribution in [0.4, 0.5) is 0 Å². The molecule has 4 rings (SSSR count). The molecule has 0 spiro atoms. The van der Waals surface area contributed by atoms with Gasteiger partial charge in [0.15, 0.2) is 0 Å². The molecule has 0 radical (unpaired) electrons. The first-order valence-corrected chi connectivity index (χ1v) is 6.63. The zero-order valence-electron chi connectivity index (χ0n) is 10.5. The minimum atomic E-state index is -0.419. The van der Waals surface area contributed by atoms with Gasteiger partial charge in [0.1, 0.15) is 0 Å². The van der Waals surface area contributed by atoms with Crippen molar-refractivity contribution in [2.75, 3.05) is 0 Å². The van der Waals surface area contributed by atoms with E-state index in [2.05, 4.69) is 28.4 Å². The summed E-state index contributed by atoms with van der Waals surface area (Å²) in [6.45, 7) is 0. The molecule has 1 heterocycles. The molecule has 3 nitrogen and oxygen atoms in total. The van der Waals surface area contributed by atoms with Gasteiger partial charge in [-0.05, 0) is 23.6 Å². The second kappa shape index (κ2) is 4.00. The van der Waals surface area contributed by atoms with E-state index in [4.69, 9.17) is 0 Å². The normalized spacial score (nSPS) is 24.8. The van der Waals surface area contributed by atoms with Gasteiger partial charge in [-0.1, -0.05) is 36.4 Å². The average Bonchev–Trinajstić information content (AvgIpc) is 2.47. The van der Waals surface area contributed by atoms with Gasteiger partial charge in [-0.25, -0.2) is 0 Å². The third-order valence-electron chi connectivity index (χ3n) is 4.10. The summed E-state index contributed by atoms with van der Waals surface area (Å²) in [6.07, 6.45) is 7.34. The first-order chi connectivity index (χ1) is 9.34. The molecular formula is C16H14N2O. The molecule has 2 atom stereocenters. The summed E-state index contributed by atoms with van der Waals surface area (Å²) in [5.74, 6) is 0.254. The fourth-order valence-electron chi connectivity index (χ4n) is 3.23. The number of aliphatic hydroxyl groups excluding tert-OH is 1. The molecule has 1 N–H and O–H groups in total. The van der Waals surface area contributed by atoms with Crippen LogP contribution in [-0.4, -0.2) is 21.4 Å². The lowest BCUT2D eigenvalue weighted by Gasteiger charge is -2.32. The Morgan fingerprint density at radius 3 is 3.00 bits per heavy atom. The molecule has 2 aliphatic rings. The molecule has 2 unspecified atom stereocenters. The number of aromatic nitrogens is 2. The Balaban J connectivity index is 2.02. The quantitative estimate of drug-likeness (QED) is 0.781. The van der Waals surface area contributed by atoms with Crippen molar-refractivity contribution in [2.24, 2.45) is 0 Å². The molecule has 19 heavy (non-hydrogen) atoms. The summed E-state index contributed by atoms with van der Waals surface area (Å²) in [5.41, 5.74) is 4.26.